The zero-order chi connectivity index (χ0) is 14.6. The van der Waals surface area contributed by atoms with Crippen LogP contribution in [0.25, 0.3) is 0 Å². The normalized spacial score (nSPS) is 14.0. The topological polar surface area (TPSA) is 63.4 Å². The van der Waals surface area contributed by atoms with Gasteiger partial charge < -0.3 is 5.73 Å². The van der Waals surface area contributed by atoms with Crippen molar-refractivity contribution in [3.05, 3.63) is 14.7 Å². The molecule has 1 unspecified atom stereocenters. The first kappa shape index (κ1) is 17.5. The molecule has 19 heavy (non-hydrogen) atoms. The molecule has 8 heteroatoms. The lowest BCUT2D eigenvalue weighted by Crippen LogP contribution is -2.38. The second kappa shape index (κ2) is 7.42. The number of hydrogen-bond acceptors (Lipinski definition) is 5. The summed E-state index contributed by atoms with van der Waals surface area (Å²) in [5.74, 6) is 0.789. The average molecular weight is 387 g/mol. The number of nitrogens with two attached hydrogens (primary N) is 1. The second-order valence-corrected chi connectivity index (χ2v) is 9.42. The van der Waals surface area contributed by atoms with Crippen molar-refractivity contribution in [1.82, 2.24) is 4.31 Å². The molecule has 4 nitrogen and oxygen atoms in total. The van der Waals surface area contributed by atoms with Gasteiger partial charge in [0.15, 0.2) is 0 Å². The quantitative estimate of drug-likeness (QED) is 0.782. The van der Waals surface area contributed by atoms with E-state index in [1.165, 1.54) is 15.6 Å². The highest BCUT2D eigenvalue weighted by Gasteiger charge is 2.29. The molecule has 0 aliphatic rings. The number of thioether (sulfide) groups is 1. The molecule has 2 N–H and O–H groups in total. The smallest absolute Gasteiger partial charge is 0.245 e. The van der Waals surface area contributed by atoms with Gasteiger partial charge in [0.25, 0.3) is 0 Å². The van der Waals surface area contributed by atoms with Gasteiger partial charge in [0.2, 0.25) is 10.0 Å². The molecule has 1 aromatic rings. The molecule has 1 atom stereocenters. The third-order valence-electron chi connectivity index (χ3n) is 2.91. The molecular formula is C11H19BrN2O2S3. The van der Waals surface area contributed by atoms with Crippen molar-refractivity contribution in [2.24, 2.45) is 5.73 Å². The van der Waals surface area contributed by atoms with E-state index in [2.05, 4.69) is 15.9 Å². The Bertz CT molecular complexity index is 516. The summed E-state index contributed by atoms with van der Waals surface area (Å²) in [5.41, 5.74) is 5.56. The lowest BCUT2D eigenvalue weighted by molar-refractivity contribution is 0.385. The summed E-state index contributed by atoms with van der Waals surface area (Å²) in [7, 11) is -1.82. The predicted octanol–water partition coefficient (Wildman–Crippen LogP) is 2.73. The van der Waals surface area contributed by atoms with E-state index >= 15 is 0 Å². The van der Waals surface area contributed by atoms with E-state index in [4.69, 9.17) is 5.73 Å². The Labute approximate surface area is 131 Å². The van der Waals surface area contributed by atoms with Crippen molar-refractivity contribution >= 4 is 49.1 Å². The van der Waals surface area contributed by atoms with Crippen molar-refractivity contribution in [3.8, 4) is 0 Å². The number of thiophene rings is 1. The van der Waals surface area contributed by atoms with Gasteiger partial charge in [0.1, 0.15) is 4.90 Å². The minimum Gasteiger partial charge on any atom is -0.326 e. The SMILES string of the molecule is CCC(CSC)N(C)S(=O)(=O)c1cc(CN)sc1Br. The van der Waals surface area contributed by atoms with E-state index in [0.29, 0.717) is 15.2 Å². The van der Waals surface area contributed by atoms with E-state index < -0.39 is 10.0 Å². The summed E-state index contributed by atoms with van der Waals surface area (Å²) in [4.78, 5) is 1.18. The maximum Gasteiger partial charge on any atom is 0.245 e. The fraction of sp³-hybridized carbons (Fsp3) is 0.636. The molecule has 0 aromatic carbocycles. The minimum absolute atomic E-state index is 0.00752. The van der Waals surface area contributed by atoms with Crippen molar-refractivity contribution in [3.63, 3.8) is 0 Å². The largest absolute Gasteiger partial charge is 0.326 e. The van der Waals surface area contributed by atoms with Crippen LogP contribution >= 0.6 is 39.0 Å². The van der Waals surface area contributed by atoms with Crippen molar-refractivity contribution < 1.29 is 8.42 Å². The summed E-state index contributed by atoms with van der Waals surface area (Å²) in [6.07, 6.45) is 2.78. The lowest BCUT2D eigenvalue weighted by atomic mass is 10.3. The number of sulfonamides is 1. The Morgan fingerprint density at radius 3 is 2.63 bits per heavy atom. The van der Waals surface area contributed by atoms with Crippen molar-refractivity contribution in [1.29, 1.82) is 0 Å². The number of nitrogens with zero attached hydrogens (tertiary/aromatic N) is 1. The van der Waals surface area contributed by atoms with Gasteiger partial charge in [-0.25, -0.2) is 8.42 Å². The number of hydrogen-bond donors (Lipinski definition) is 1. The zero-order valence-corrected chi connectivity index (χ0v) is 15.3. The molecule has 1 rings (SSSR count). The molecular weight excluding hydrogens is 368 g/mol. The molecule has 0 bridgehead atoms. The molecule has 0 fully saturated rings. The van der Waals surface area contributed by atoms with Crippen LogP contribution in [0, 0.1) is 0 Å². The van der Waals surface area contributed by atoms with Gasteiger partial charge in [-0.05, 0) is 34.7 Å². The predicted molar refractivity (Wildman–Crippen MR) is 87.3 cm³/mol. The fourth-order valence-electron chi connectivity index (χ4n) is 1.70. The van der Waals surface area contributed by atoms with Crippen LogP contribution in [0.5, 0.6) is 0 Å². The first-order valence-corrected chi connectivity index (χ1v) is 10.3. The Morgan fingerprint density at radius 2 is 2.21 bits per heavy atom. The van der Waals surface area contributed by atoms with Crippen LogP contribution in [0.15, 0.2) is 14.7 Å². The molecule has 1 heterocycles. The highest BCUT2D eigenvalue weighted by Crippen LogP contribution is 2.34. The monoisotopic (exact) mass is 386 g/mol. The van der Waals surface area contributed by atoms with Gasteiger partial charge in [-0.3, -0.25) is 0 Å². The maximum absolute atomic E-state index is 12.6. The van der Waals surface area contributed by atoms with Gasteiger partial charge >= 0.3 is 0 Å². The third kappa shape index (κ3) is 3.95. The summed E-state index contributed by atoms with van der Waals surface area (Å²) in [6, 6.07) is 1.67. The summed E-state index contributed by atoms with van der Waals surface area (Å²) in [6.45, 7) is 2.35. The standard InChI is InChI=1S/C11H19BrN2O2S3/c1-4-8(7-17-3)14(2)19(15,16)10-5-9(6-13)18-11(10)12/h5,8H,4,6-7,13H2,1-3H3. The second-order valence-electron chi connectivity index (χ2n) is 4.09. The Morgan fingerprint density at radius 1 is 1.58 bits per heavy atom. The zero-order valence-electron chi connectivity index (χ0n) is 11.2. The fourth-order valence-corrected chi connectivity index (χ4v) is 6.57. The molecule has 0 spiro atoms. The molecule has 1 aromatic heterocycles. The van der Waals surface area contributed by atoms with Crippen molar-refractivity contribution in [2.45, 2.75) is 30.8 Å². The van der Waals surface area contributed by atoms with Crippen LogP contribution in [0.1, 0.15) is 18.2 Å². The van der Waals surface area contributed by atoms with Gasteiger partial charge in [0, 0.05) is 30.3 Å². The highest BCUT2D eigenvalue weighted by atomic mass is 79.9. The molecule has 110 valence electrons. The van der Waals surface area contributed by atoms with Gasteiger partial charge in [-0.2, -0.15) is 16.1 Å². The first-order chi connectivity index (χ1) is 8.88. The van der Waals surface area contributed by atoms with E-state index in [0.717, 1.165) is 17.1 Å². The van der Waals surface area contributed by atoms with Gasteiger partial charge in [-0.15, -0.1) is 11.3 Å². The van der Waals surface area contributed by atoms with Crippen LogP contribution in [-0.4, -0.2) is 37.8 Å². The summed E-state index contributed by atoms with van der Waals surface area (Å²) >= 11 is 6.35. The van der Waals surface area contributed by atoms with Crippen LogP contribution < -0.4 is 5.73 Å². The van der Waals surface area contributed by atoms with Crippen molar-refractivity contribution in [2.75, 3.05) is 19.1 Å². The van der Waals surface area contributed by atoms with Crippen LogP contribution in [0.4, 0.5) is 0 Å². The van der Waals surface area contributed by atoms with Gasteiger partial charge in [0.05, 0.1) is 3.79 Å². The van der Waals surface area contributed by atoms with E-state index in [1.54, 1.807) is 24.9 Å². The summed E-state index contributed by atoms with van der Waals surface area (Å²) in [5, 5.41) is 0. The van der Waals surface area contributed by atoms with Crippen LogP contribution in [0.3, 0.4) is 0 Å². The Balaban J connectivity index is 3.11. The van der Waals surface area contributed by atoms with Gasteiger partial charge in [-0.1, -0.05) is 6.92 Å². The molecule has 0 saturated heterocycles. The Hall–Kier alpha value is 0.400. The van der Waals surface area contributed by atoms with E-state index in [1.807, 2.05) is 13.2 Å². The summed E-state index contributed by atoms with van der Waals surface area (Å²) < 4.78 is 27.3. The maximum atomic E-state index is 12.6. The number of halogens is 1. The molecule has 0 amide bonds. The average Bonchev–Trinajstić information content (AvgIpc) is 2.77. The Kier molecular flexibility index (Phi) is 6.82. The van der Waals surface area contributed by atoms with E-state index in [-0.39, 0.29) is 6.04 Å². The minimum atomic E-state index is -3.46. The van der Waals surface area contributed by atoms with Crippen LogP contribution in [0.2, 0.25) is 0 Å². The molecule has 0 radical (unpaired) electrons. The number of rotatable bonds is 7. The lowest BCUT2D eigenvalue weighted by Gasteiger charge is -2.25. The molecule has 0 aliphatic carbocycles. The van der Waals surface area contributed by atoms with Crippen LogP contribution in [-0.2, 0) is 16.6 Å². The molecule has 0 saturated carbocycles. The highest BCUT2D eigenvalue weighted by molar-refractivity contribution is 9.11. The first-order valence-electron chi connectivity index (χ1n) is 5.83. The molecule has 0 aliphatic heterocycles. The van der Waals surface area contributed by atoms with E-state index in [9.17, 15) is 8.42 Å². The third-order valence-corrected chi connectivity index (χ3v) is 7.81.